The Balaban J connectivity index is 2.75. The topological polar surface area (TPSA) is 53.7 Å². The summed E-state index contributed by atoms with van der Waals surface area (Å²) >= 11 is 3.54. The highest BCUT2D eigenvalue weighted by atomic mass is 79.9. The van der Waals surface area contributed by atoms with Crippen LogP contribution in [0.1, 0.15) is 33.3 Å². The van der Waals surface area contributed by atoms with Gasteiger partial charge in [-0.1, -0.05) is 0 Å². The molecule has 0 aromatic heterocycles. The molecular weight excluding hydrogens is 334 g/mol. The highest BCUT2D eigenvalue weighted by Gasteiger charge is 2.13. The molecule has 0 aliphatic heterocycles. The van der Waals surface area contributed by atoms with Crippen LogP contribution in [0.3, 0.4) is 0 Å². The van der Waals surface area contributed by atoms with Crippen LogP contribution in [0, 0.1) is 0 Å². The molecule has 0 heterocycles. The Kier molecular flexibility index (Phi) is 7.49. The van der Waals surface area contributed by atoms with E-state index in [9.17, 15) is 0 Å². The van der Waals surface area contributed by atoms with E-state index in [1.807, 2.05) is 39.8 Å². The second-order valence-electron chi connectivity index (χ2n) is 5.69. The first-order valence-corrected chi connectivity index (χ1v) is 8.08. The van der Waals surface area contributed by atoms with Gasteiger partial charge in [0, 0.05) is 0 Å². The molecule has 4 nitrogen and oxygen atoms in total. The average molecular weight is 360 g/mol. The van der Waals surface area contributed by atoms with E-state index in [4.69, 9.17) is 19.9 Å². The third-order valence-corrected chi connectivity index (χ3v) is 3.26. The molecule has 0 spiro atoms. The quantitative estimate of drug-likeness (QED) is 0.721. The van der Waals surface area contributed by atoms with Crippen molar-refractivity contribution in [3.8, 4) is 11.5 Å². The van der Waals surface area contributed by atoms with Crippen LogP contribution in [-0.2, 0) is 11.2 Å². The van der Waals surface area contributed by atoms with E-state index >= 15 is 0 Å². The largest absolute Gasteiger partial charge is 0.490 e. The zero-order chi connectivity index (χ0) is 15.9. The van der Waals surface area contributed by atoms with Gasteiger partial charge in [-0.25, -0.2) is 0 Å². The minimum absolute atomic E-state index is 0.158. The lowest BCUT2D eigenvalue weighted by Gasteiger charge is -2.20. The molecule has 0 radical (unpaired) electrons. The highest BCUT2D eigenvalue weighted by molar-refractivity contribution is 9.10. The fourth-order valence-electron chi connectivity index (χ4n) is 1.83. The van der Waals surface area contributed by atoms with Crippen LogP contribution in [0.2, 0.25) is 0 Å². The summed E-state index contributed by atoms with van der Waals surface area (Å²) in [6.45, 7) is 10.2. The second kappa shape index (κ2) is 8.61. The Morgan fingerprint density at radius 3 is 2.43 bits per heavy atom. The van der Waals surface area contributed by atoms with Gasteiger partial charge in [-0.15, -0.1) is 0 Å². The van der Waals surface area contributed by atoms with Crippen molar-refractivity contribution in [3.63, 3.8) is 0 Å². The SMILES string of the molecule is CCOc1cc(CCN)cc(Br)c1OCCOC(C)(C)C. The summed E-state index contributed by atoms with van der Waals surface area (Å²) in [4.78, 5) is 0. The Hall–Kier alpha value is -0.780. The predicted octanol–water partition coefficient (Wildman–Crippen LogP) is 3.54. The third-order valence-electron chi connectivity index (χ3n) is 2.67. The van der Waals surface area contributed by atoms with E-state index in [0.29, 0.717) is 26.4 Å². The summed E-state index contributed by atoms with van der Waals surface area (Å²) < 4.78 is 18.0. The summed E-state index contributed by atoms with van der Waals surface area (Å²) in [6, 6.07) is 4.01. The van der Waals surface area contributed by atoms with E-state index < -0.39 is 0 Å². The van der Waals surface area contributed by atoms with Crippen LogP contribution in [0.4, 0.5) is 0 Å². The summed E-state index contributed by atoms with van der Waals surface area (Å²) in [7, 11) is 0. The number of nitrogens with two attached hydrogens (primary N) is 1. The number of ether oxygens (including phenoxy) is 3. The van der Waals surface area contributed by atoms with Gasteiger partial charge in [0.05, 0.1) is 23.3 Å². The van der Waals surface area contributed by atoms with Crippen LogP contribution < -0.4 is 15.2 Å². The molecule has 2 N–H and O–H groups in total. The molecule has 5 heteroatoms. The van der Waals surface area contributed by atoms with Crippen molar-refractivity contribution in [2.75, 3.05) is 26.4 Å². The first-order chi connectivity index (χ1) is 9.87. The van der Waals surface area contributed by atoms with Crippen molar-refractivity contribution in [1.29, 1.82) is 0 Å². The summed E-state index contributed by atoms with van der Waals surface area (Å²) in [5, 5.41) is 0. The first-order valence-electron chi connectivity index (χ1n) is 7.29. The predicted molar refractivity (Wildman–Crippen MR) is 89.3 cm³/mol. The van der Waals surface area contributed by atoms with Gasteiger partial charge >= 0.3 is 0 Å². The van der Waals surface area contributed by atoms with Crippen molar-refractivity contribution >= 4 is 15.9 Å². The van der Waals surface area contributed by atoms with Crippen molar-refractivity contribution in [2.45, 2.75) is 39.7 Å². The van der Waals surface area contributed by atoms with Gasteiger partial charge in [-0.05, 0) is 74.3 Å². The van der Waals surface area contributed by atoms with Crippen LogP contribution in [0.15, 0.2) is 16.6 Å². The normalized spacial score (nSPS) is 11.5. The van der Waals surface area contributed by atoms with Gasteiger partial charge in [0.25, 0.3) is 0 Å². The van der Waals surface area contributed by atoms with Crippen LogP contribution in [0.5, 0.6) is 11.5 Å². The van der Waals surface area contributed by atoms with Gasteiger partial charge in [0.1, 0.15) is 6.61 Å². The van der Waals surface area contributed by atoms with Gasteiger partial charge in [-0.3, -0.25) is 0 Å². The van der Waals surface area contributed by atoms with Crippen LogP contribution >= 0.6 is 15.9 Å². The maximum Gasteiger partial charge on any atom is 0.175 e. The minimum atomic E-state index is -0.158. The third kappa shape index (κ3) is 6.68. The van der Waals surface area contributed by atoms with E-state index in [1.165, 1.54) is 0 Å². The standard InChI is InChI=1S/C16H26BrNO3/c1-5-19-14-11-12(6-7-18)10-13(17)15(14)20-8-9-21-16(2,3)4/h10-11H,5-9,18H2,1-4H3. The van der Waals surface area contributed by atoms with Crippen molar-refractivity contribution in [2.24, 2.45) is 5.73 Å². The fraction of sp³-hybridized carbons (Fsp3) is 0.625. The monoisotopic (exact) mass is 359 g/mol. The molecule has 21 heavy (non-hydrogen) atoms. The van der Waals surface area contributed by atoms with Gasteiger partial charge in [0.2, 0.25) is 0 Å². The summed E-state index contributed by atoms with van der Waals surface area (Å²) in [5.74, 6) is 1.46. The van der Waals surface area contributed by atoms with Crippen molar-refractivity contribution in [1.82, 2.24) is 0 Å². The molecule has 0 saturated heterocycles. The maximum atomic E-state index is 5.82. The molecule has 1 aromatic rings. The molecule has 0 saturated carbocycles. The Morgan fingerprint density at radius 2 is 1.86 bits per heavy atom. The second-order valence-corrected chi connectivity index (χ2v) is 6.54. The molecule has 1 rings (SSSR count). The maximum absolute atomic E-state index is 5.82. The molecule has 0 atom stereocenters. The smallest absolute Gasteiger partial charge is 0.175 e. The number of halogens is 1. The zero-order valence-electron chi connectivity index (χ0n) is 13.4. The van der Waals surface area contributed by atoms with Crippen molar-refractivity contribution in [3.05, 3.63) is 22.2 Å². The summed E-state index contributed by atoms with van der Waals surface area (Å²) in [6.07, 6.45) is 0.812. The fourth-order valence-corrected chi connectivity index (χ4v) is 2.43. The lowest BCUT2D eigenvalue weighted by molar-refractivity contribution is -0.0166. The molecule has 1 aromatic carbocycles. The van der Waals surface area contributed by atoms with Gasteiger partial charge in [0.15, 0.2) is 11.5 Å². The van der Waals surface area contributed by atoms with E-state index in [1.54, 1.807) is 0 Å². The van der Waals surface area contributed by atoms with E-state index in [2.05, 4.69) is 15.9 Å². The molecule has 120 valence electrons. The Bertz CT molecular complexity index is 444. The lowest BCUT2D eigenvalue weighted by atomic mass is 10.1. The number of benzene rings is 1. The molecule has 0 aliphatic rings. The molecular formula is C16H26BrNO3. The van der Waals surface area contributed by atoms with Crippen LogP contribution in [0.25, 0.3) is 0 Å². The van der Waals surface area contributed by atoms with E-state index in [0.717, 1.165) is 28.0 Å². The van der Waals surface area contributed by atoms with E-state index in [-0.39, 0.29) is 5.60 Å². The Labute approximate surface area is 136 Å². The molecule has 0 bridgehead atoms. The molecule has 0 fully saturated rings. The first kappa shape index (κ1) is 18.3. The van der Waals surface area contributed by atoms with Gasteiger partial charge < -0.3 is 19.9 Å². The van der Waals surface area contributed by atoms with Crippen molar-refractivity contribution < 1.29 is 14.2 Å². The van der Waals surface area contributed by atoms with Crippen LogP contribution in [-0.4, -0.2) is 32.0 Å². The number of hydrogen-bond acceptors (Lipinski definition) is 4. The highest BCUT2D eigenvalue weighted by Crippen LogP contribution is 2.37. The zero-order valence-corrected chi connectivity index (χ0v) is 15.0. The molecule has 0 aliphatic carbocycles. The number of hydrogen-bond donors (Lipinski definition) is 1. The average Bonchev–Trinajstić information content (AvgIpc) is 2.36. The molecule has 0 unspecified atom stereocenters. The lowest BCUT2D eigenvalue weighted by Crippen LogP contribution is -2.22. The Morgan fingerprint density at radius 1 is 1.14 bits per heavy atom. The summed E-state index contributed by atoms with van der Waals surface area (Å²) in [5.41, 5.74) is 6.58. The van der Waals surface area contributed by atoms with Gasteiger partial charge in [-0.2, -0.15) is 0 Å². The number of rotatable bonds is 8. The minimum Gasteiger partial charge on any atom is -0.490 e. The molecule has 0 amide bonds.